The summed E-state index contributed by atoms with van der Waals surface area (Å²) < 4.78 is 60.0. The number of amides is 1. The van der Waals surface area contributed by atoms with Crippen LogP contribution in [0.15, 0.2) is 52.9 Å². The Morgan fingerprint density at radius 1 is 1.13 bits per heavy atom. The third-order valence-electron chi connectivity index (χ3n) is 6.00. The molecule has 2 heterocycles. The van der Waals surface area contributed by atoms with Crippen LogP contribution in [0.25, 0.3) is 11.5 Å². The van der Waals surface area contributed by atoms with E-state index in [-0.39, 0.29) is 17.8 Å². The molecule has 0 bridgehead atoms. The molecule has 0 radical (unpaired) electrons. The van der Waals surface area contributed by atoms with Crippen LogP contribution < -0.4 is 10.1 Å². The van der Waals surface area contributed by atoms with Gasteiger partial charge in [0.1, 0.15) is 5.75 Å². The van der Waals surface area contributed by atoms with Crippen LogP contribution in [0.4, 0.5) is 23.6 Å². The first kappa shape index (κ1) is 28.6. The van der Waals surface area contributed by atoms with Crippen LogP contribution in [0.2, 0.25) is 0 Å². The van der Waals surface area contributed by atoms with Crippen molar-refractivity contribution in [3.8, 4) is 17.2 Å². The molecule has 1 N–H and O–H groups in total. The van der Waals surface area contributed by atoms with Crippen molar-refractivity contribution in [3.05, 3.63) is 65.5 Å². The lowest BCUT2D eigenvalue weighted by molar-refractivity contribution is -0.144. The van der Waals surface area contributed by atoms with Gasteiger partial charge >= 0.3 is 11.9 Å². The molecule has 1 aromatic heterocycles. The molecule has 1 atom stereocenters. The highest BCUT2D eigenvalue weighted by atomic mass is 20.0. The van der Waals surface area contributed by atoms with Crippen LogP contribution in [0.5, 0.6) is 5.75 Å². The van der Waals surface area contributed by atoms with Crippen LogP contribution in [0.1, 0.15) is 35.2 Å². The zero-order chi connectivity index (χ0) is 27.9. The van der Waals surface area contributed by atoms with Gasteiger partial charge in [-0.05, 0) is 42.8 Å². The monoisotopic (exact) mass is 537 g/mol. The number of nitrogens with one attached hydrogen (secondary N) is 1. The largest absolute Gasteiger partial charge is 0.496 e. The molecule has 0 saturated carbocycles. The van der Waals surface area contributed by atoms with Crippen molar-refractivity contribution in [2.45, 2.75) is 25.8 Å². The van der Waals surface area contributed by atoms with Crippen LogP contribution >= 0.6 is 0 Å². The van der Waals surface area contributed by atoms with Gasteiger partial charge in [-0.1, -0.05) is 24.3 Å². The predicted molar refractivity (Wildman–Crippen MR) is 130 cm³/mol. The highest BCUT2D eigenvalue weighted by Gasteiger charge is 2.37. The quantitative estimate of drug-likeness (QED) is 0.298. The van der Waals surface area contributed by atoms with E-state index in [1.54, 1.807) is 36.4 Å². The maximum absolute atomic E-state index is 14.3. The molecule has 1 saturated heterocycles. The number of halogens is 4. The number of carbonyl (C=O) groups is 2. The number of nitrogens with zero attached hydrogens (tertiary/aromatic N) is 2. The summed E-state index contributed by atoms with van der Waals surface area (Å²) in [6.45, 7) is 2.69. The molecule has 12 heteroatoms. The number of aromatic nitrogens is 1. The van der Waals surface area contributed by atoms with Gasteiger partial charge in [0.15, 0.2) is 5.69 Å². The van der Waals surface area contributed by atoms with Gasteiger partial charge in [0.05, 0.1) is 25.7 Å². The van der Waals surface area contributed by atoms with E-state index in [4.69, 9.17) is 23.0 Å². The fourth-order valence-corrected chi connectivity index (χ4v) is 4.19. The summed E-state index contributed by atoms with van der Waals surface area (Å²) >= 11 is 0. The molecule has 1 fully saturated rings. The minimum Gasteiger partial charge on any atom is -0.496 e. The third kappa shape index (κ3) is 6.68. The number of benzene rings is 2. The third-order valence-corrected chi connectivity index (χ3v) is 6.00. The minimum absolute atomic E-state index is 0.123. The van der Waals surface area contributed by atoms with Gasteiger partial charge in [0, 0.05) is 34.8 Å². The Kier molecular flexibility index (Phi) is 9.45. The van der Waals surface area contributed by atoms with Crippen molar-refractivity contribution < 1.29 is 41.4 Å². The van der Waals surface area contributed by atoms with Crippen molar-refractivity contribution in [2.24, 2.45) is 5.92 Å². The standard InChI is InChI=1S/C26H27F2N3O5.F2/c1-26(27,28)22-21(30-24(36-22)19-6-4-5-7-20(19)34-2)23(32)29-18-10-8-16(9-11-18)14-31-13-12-17(15-31)25(33)35-3;1-2/h4-11,17H,12-15H2,1-3H3,(H,29,32);. The second-order valence-corrected chi connectivity index (χ2v) is 8.68. The van der Waals surface area contributed by atoms with Gasteiger partial charge in [-0.3, -0.25) is 14.5 Å². The number of carbonyl (C=O) groups excluding carboxylic acids is 2. The summed E-state index contributed by atoms with van der Waals surface area (Å²) in [6.07, 6.45) is 0.750. The predicted octanol–water partition coefficient (Wildman–Crippen LogP) is 5.55. The zero-order valence-corrected chi connectivity index (χ0v) is 21.0. The highest BCUT2D eigenvalue weighted by molar-refractivity contribution is 6.04. The topological polar surface area (TPSA) is 93.9 Å². The Hall–Kier alpha value is -3.93. The lowest BCUT2D eigenvalue weighted by Gasteiger charge is -2.16. The number of oxazole rings is 1. The maximum atomic E-state index is 14.3. The van der Waals surface area contributed by atoms with Gasteiger partial charge in [-0.15, -0.1) is 0 Å². The Morgan fingerprint density at radius 3 is 2.45 bits per heavy atom. The molecular formula is C26H27F4N3O5. The number of rotatable bonds is 8. The van der Waals surface area contributed by atoms with Crippen LogP contribution in [0.3, 0.4) is 0 Å². The molecule has 2 aromatic carbocycles. The number of methoxy groups -OCH3 is 2. The molecule has 0 aliphatic carbocycles. The van der Waals surface area contributed by atoms with Crippen molar-refractivity contribution >= 4 is 17.6 Å². The number of alkyl halides is 2. The Morgan fingerprint density at radius 2 is 1.82 bits per heavy atom. The zero-order valence-electron chi connectivity index (χ0n) is 21.0. The number of hydrogen-bond acceptors (Lipinski definition) is 7. The fraction of sp³-hybridized carbons (Fsp3) is 0.346. The van der Waals surface area contributed by atoms with Gasteiger partial charge in [-0.25, -0.2) is 4.98 Å². The van der Waals surface area contributed by atoms with E-state index in [9.17, 15) is 18.4 Å². The van der Waals surface area contributed by atoms with Crippen molar-refractivity contribution in [2.75, 3.05) is 32.6 Å². The van der Waals surface area contributed by atoms with E-state index in [0.29, 0.717) is 37.0 Å². The molecule has 1 aliphatic heterocycles. The molecule has 204 valence electrons. The average Bonchev–Trinajstić information content (AvgIpc) is 3.58. The number of para-hydroxylation sites is 1. The molecule has 1 unspecified atom stereocenters. The fourth-order valence-electron chi connectivity index (χ4n) is 4.19. The second-order valence-electron chi connectivity index (χ2n) is 8.68. The SMILES string of the molecule is COC(=O)C1CCN(Cc2ccc(NC(=O)c3nc(-c4ccccc4OC)oc3C(C)(F)F)cc2)C1.FF. The smallest absolute Gasteiger partial charge is 0.310 e. The summed E-state index contributed by atoms with van der Waals surface area (Å²) in [6, 6.07) is 13.7. The average molecular weight is 538 g/mol. The highest BCUT2D eigenvalue weighted by Crippen LogP contribution is 2.36. The minimum atomic E-state index is -3.43. The van der Waals surface area contributed by atoms with Gasteiger partial charge in [0.2, 0.25) is 11.7 Å². The maximum Gasteiger partial charge on any atom is 0.310 e. The number of ether oxygens (including phenoxy) is 2. The summed E-state index contributed by atoms with van der Waals surface area (Å²) in [5.74, 6) is -5.15. The molecule has 8 nitrogen and oxygen atoms in total. The van der Waals surface area contributed by atoms with E-state index < -0.39 is 23.3 Å². The van der Waals surface area contributed by atoms with Crippen molar-refractivity contribution in [1.82, 2.24) is 9.88 Å². The molecule has 3 aromatic rings. The van der Waals surface area contributed by atoms with E-state index >= 15 is 0 Å². The lowest BCUT2D eigenvalue weighted by Crippen LogP contribution is -2.23. The first-order valence-corrected chi connectivity index (χ1v) is 11.6. The molecule has 4 rings (SSSR count). The van der Waals surface area contributed by atoms with Gasteiger partial charge in [0.25, 0.3) is 5.91 Å². The van der Waals surface area contributed by atoms with Crippen LogP contribution in [0, 0.1) is 5.92 Å². The number of anilines is 1. The number of likely N-dealkylation sites (tertiary alicyclic amines) is 1. The first-order chi connectivity index (χ1) is 18.2. The molecule has 1 aliphatic rings. The second kappa shape index (κ2) is 12.5. The number of hydrogen-bond donors (Lipinski definition) is 1. The summed E-state index contributed by atoms with van der Waals surface area (Å²) in [7, 11) is 2.83. The molecular weight excluding hydrogens is 510 g/mol. The number of esters is 1. The van der Waals surface area contributed by atoms with Crippen molar-refractivity contribution in [1.29, 1.82) is 0 Å². The van der Waals surface area contributed by atoms with Gasteiger partial charge in [-0.2, -0.15) is 8.78 Å². The van der Waals surface area contributed by atoms with Crippen molar-refractivity contribution in [3.63, 3.8) is 0 Å². The molecule has 1 amide bonds. The lowest BCUT2D eigenvalue weighted by atomic mass is 10.1. The van der Waals surface area contributed by atoms with E-state index in [1.807, 2.05) is 12.1 Å². The van der Waals surface area contributed by atoms with E-state index in [1.165, 1.54) is 14.2 Å². The normalized spacial score (nSPS) is 15.4. The summed E-state index contributed by atoms with van der Waals surface area (Å²) in [4.78, 5) is 30.9. The van der Waals surface area contributed by atoms with E-state index in [2.05, 4.69) is 15.2 Å². The first-order valence-electron chi connectivity index (χ1n) is 11.6. The van der Waals surface area contributed by atoms with Crippen LogP contribution in [-0.4, -0.2) is 49.1 Å². The Labute approximate surface area is 216 Å². The van der Waals surface area contributed by atoms with Gasteiger partial charge < -0.3 is 19.2 Å². The molecule has 38 heavy (non-hydrogen) atoms. The summed E-state index contributed by atoms with van der Waals surface area (Å²) in [5.41, 5.74) is 1.26. The molecule has 0 spiro atoms. The summed E-state index contributed by atoms with van der Waals surface area (Å²) in [5, 5.41) is 2.61. The van der Waals surface area contributed by atoms with Crippen LogP contribution in [-0.2, 0) is 22.0 Å². The Balaban J connectivity index is 0.00000195. The van der Waals surface area contributed by atoms with E-state index in [0.717, 1.165) is 18.5 Å². The Bertz CT molecular complexity index is 1240.